The van der Waals surface area contributed by atoms with Crippen molar-refractivity contribution in [3.63, 3.8) is 0 Å². The van der Waals surface area contributed by atoms with Crippen LogP contribution in [0, 0.1) is 0 Å². The van der Waals surface area contributed by atoms with Gasteiger partial charge in [-0.15, -0.1) is 21.5 Å². The normalized spacial score (nSPS) is 13.9. The maximum Gasteiger partial charge on any atom is 0.262 e. The van der Waals surface area contributed by atoms with Gasteiger partial charge in [0.05, 0.1) is 4.88 Å². The molecular weight excluding hydrogens is 458 g/mol. The Morgan fingerprint density at radius 3 is 2.54 bits per heavy atom. The van der Waals surface area contributed by atoms with E-state index in [1.165, 1.54) is 17.8 Å². The molecular formula is C27H27N5O2S. The zero-order valence-corrected chi connectivity index (χ0v) is 20.1. The standard InChI is InChI=1S/C27H27N5O2S/c33-26(22(18-19-8-3-1-4-9-19)29-27(34)23-10-7-17-35-23)28-21-14-12-20(13-15-21)25-31-30-24-11-5-2-6-16-32(24)25/h1,3-4,7-10,12-15,17,22H,2,5-6,11,16,18H2,(H,28,33)(H,29,34). The molecule has 2 aromatic heterocycles. The molecule has 1 aliphatic rings. The minimum Gasteiger partial charge on any atom is -0.339 e. The van der Waals surface area contributed by atoms with Crippen molar-refractivity contribution >= 4 is 28.8 Å². The predicted molar refractivity (Wildman–Crippen MR) is 137 cm³/mol. The molecule has 1 atom stereocenters. The lowest BCUT2D eigenvalue weighted by atomic mass is 10.0. The summed E-state index contributed by atoms with van der Waals surface area (Å²) in [5.74, 6) is 1.40. The molecule has 0 fully saturated rings. The lowest BCUT2D eigenvalue weighted by Gasteiger charge is -2.18. The molecule has 5 rings (SSSR count). The zero-order valence-electron chi connectivity index (χ0n) is 19.3. The van der Waals surface area contributed by atoms with E-state index in [9.17, 15) is 9.59 Å². The van der Waals surface area contributed by atoms with E-state index in [0.29, 0.717) is 17.0 Å². The monoisotopic (exact) mass is 485 g/mol. The average molecular weight is 486 g/mol. The van der Waals surface area contributed by atoms with Gasteiger partial charge in [-0.1, -0.05) is 42.8 Å². The predicted octanol–water partition coefficient (Wildman–Crippen LogP) is 4.71. The van der Waals surface area contributed by atoms with E-state index in [1.807, 2.05) is 66.0 Å². The lowest BCUT2D eigenvalue weighted by molar-refractivity contribution is -0.118. The molecule has 0 radical (unpaired) electrons. The molecule has 1 aliphatic heterocycles. The van der Waals surface area contributed by atoms with E-state index >= 15 is 0 Å². The van der Waals surface area contributed by atoms with Crippen molar-refractivity contribution in [3.05, 3.63) is 88.4 Å². The van der Waals surface area contributed by atoms with Gasteiger partial charge in [0.2, 0.25) is 5.91 Å². The van der Waals surface area contributed by atoms with Crippen LogP contribution in [0.1, 0.15) is 40.3 Å². The van der Waals surface area contributed by atoms with Crippen molar-refractivity contribution in [1.82, 2.24) is 20.1 Å². The minimum absolute atomic E-state index is 0.251. The SMILES string of the molecule is O=C(NC(Cc1ccccc1)C(=O)Nc1ccc(-c2nnc3n2CCCCC3)cc1)c1cccs1. The number of fused-ring (bicyclic) bond motifs is 1. The number of benzene rings is 2. The summed E-state index contributed by atoms with van der Waals surface area (Å²) in [5.41, 5.74) is 2.61. The van der Waals surface area contributed by atoms with Gasteiger partial charge < -0.3 is 15.2 Å². The summed E-state index contributed by atoms with van der Waals surface area (Å²) in [6.45, 7) is 0.932. The maximum absolute atomic E-state index is 13.2. The molecule has 4 aromatic rings. The highest BCUT2D eigenvalue weighted by atomic mass is 32.1. The zero-order chi connectivity index (χ0) is 24.0. The number of anilines is 1. The van der Waals surface area contributed by atoms with Crippen molar-refractivity contribution in [1.29, 1.82) is 0 Å². The average Bonchev–Trinajstić information content (AvgIpc) is 3.50. The molecule has 2 aromatic carbocycles. The largest absolute Gasteiger partial charge is 0.339 e. The summed E-state index contributed by atoms with van der Waals surface area (Å²) >= 11 is 1.35. The number of amides is 2. The van der Waals surface area contributed by atoms with Gasteiger partial charge in [-0.3, -0.25) is 9.59 Å². The number of thiophene rings is 1. The van der Waals surface area contributed by atoms with Crippen LogP contribution in [0.15, 0.2) is 72.1 Å². The van der Waals surface area contributed by atoms with Crippen LogP contribution in [-0.2, 0) is 24.2 Å². The van der Waals surface area contributed by atoms with Gasteiger partial charge in [0.25, 0.3) is 5.91 Å². The molecule has 1 unspecified atom stereocenters. The molecule has 8 heteroatoms. The van der Waals surface area contributed by atoms with Crippen molar-refractivity contribution in [2.75, 3.05) is 5.32 Å². The molecule has 0 saturated heterocycles. The van der Waals surface area contributed by atoms with Crippen molar-refractivity contribution in [2.45, 2.75) is 44.7 Å². The van der Waals surface area contributed by atoms with E-state index in [1.54, 1.807) is 6.07 Å². The summed E-state index contributed by atoms with van der Waals surface area (Å²) in [6, 6.07) is 20.2. The Labute approximate surface area is 208 Å². The molecule has 2 amide bonds. The van der Waals surface area contributed by atoms with Crippen molar-refractivity contribution in [3.8, 4) is 11.4 Å². The van der Waals surface area contributed by atoms with Crippen LogP contribution in [-0.4, -0.2) is 32.6 Å². The first kappa shape index (κ1) is 23.0. The highest BCUT2D eigenvalue weighted by molar-refractivity contribution is 7.12. The molecule has 178 valence electrons. The van der Waals surface area contributed by atoms with Gasteiger partial charge in [-0.25, -0.2) is 0 Å². The minimum atomic E-state index is -0.709. The Morgan fingerprint density at radius 2 is 1.77 bits per heavy atom. The number of carbonyl (C=O) groups excluding carboxylic acids is 2. The smallest absolute Gasteiger partial charge is 0.262 e. The van der Waals surface area contributed by atoms with E-state index in [0.717, 1.165) is 48.6 Å². The van der Waals surface area contributed by atoms with Gasteiger partial charge in [0.1, 0.15) is 11.9 Å². The van der Waals surface area contributed by atoms with E-state index < -0.39 is 6.04 Å². The van der Waals surface area contributed by atoms with E-state index in [-0.39, 0.29) is 11.8 Å². The Kier molecular flexibility index (Phi) is 6.99. The van der Waals surface area contributed by atoms with Gasteiger partial charge in [-0.2, -0.15) is 0 Å². The Hall–Kier alpha value is -3.78. The highest BCUT2D eigenvalue weighted by Crippen LogP contribution is 2.24. The number of hydrogen-bond acceptors (Lipinski definition) is 5. The molecule has 0 aliphatic carbocycles. The fraction of sp³-hybridized carbons (Fsp3) is 0.259. The second kappa shape index (κ2) is 10.7. The van der Waals surface area contributed by atoms with Crippen LogP contribution >= 0.6 is 11.3 Å². The number of rotatable bonds is 7. The van der Waals surface area contributed by atoms with Gasteiger partial charge in [0.15, 0.2) is 5.82 Å². The van der Waals surface area contributed by atoms with Crippen molar-refractivity contribution < 1.29 is 9.59 Å². The number of hydrogen-bond donors (Lipinski definition) is 2. The molecule has 35 heavy (non-hydrogen) atoms. The maximum atomic E-state index is 13.2. The molecule has 7 nitrogen and oxygen atoms in total. The Morgan fingerprint density at radius 1 is 0.943 bits per heavy atom. The number of carbonyl (C=O) groups is 2. The summed E-state index contributed by atoms with van der Waals surface area (Å²) in [4.78, 5) is 26.5. The van der Waals surface area contributed by atoms with Gasteiger partial charge in [-0.05, 0) is 54.1 Å². The van der Waals surface area contributed by atoms with Crippen LogP contribution in [0.3, 0.4) is 0 Å². The molecule has 0 spiro atoms. The quantitative estimate of drug-likeness (QED) is 0.397. The van der Waals surface area contributed by atoms with Crippen LogP contribution in [0.2, 0.25) is 0 Å². The second-order valence-electron chi connectivity index (χ2n) is 8.66. The first-order valence-corrected chi connectivity index (χ1v) is 12.8. The third-order valence-corrected chi connectivity index (χ3v) is 7.04. The highest BCUT2D eigenvalue weighted by Gasteiger charge is 2.23. The van der Waals surface area contributed by atoms with Gasteiger partial charge >= 0.3 is 0 Å². The third kappa shape index (κ3) is 5.49. The third-order valence-electron chi connectivity index (χ3n) is 6.17. The number of aromatic nitrogens is 3. The number of nitrogens with one attached hydrogen (secondary N) is 2. The summed E-state index contributed by atoms with van der Waals surface area (Å²) in [5, 5.41) is 16.5. The number of aryl methyl sites for hydroxylation is 1. The van der Waals surface area contributed by atoms with Crippen molar-refractivity contribution in [2.24, 2.45) is 0 Å². The fourth-order valence-electron chi connectivity index (χ4n) is 4.33. The Bertz CT molecular complexity index is 1280. The molecule has 0 saturated carbocycles. The first-order chi connectivity index (χ1) is 17.2. The molecule has 0 bridgehead atoms. The second-order valence-corrected chi connectivity index (χ2v) is 9.61. The fourth-order valence-corrected chi connectivity index (χ4v) is 4.95. The van der Waals surface area contributed by atoms with Crippen LogP contribution in [0.25, 0.3) is 11.4 Å². The van der Waals surface area contributed by atoms with Gasteiger partial charge in [0, 0.05) is 30.6 Å². The topological polar surface area (TPSA) is 88.9 Å². The summed E-state index contributed by atoms with van der Waals surface area (Å²) < 4.78 is 2.20. The van der Waals surface area contributed by atoms with Crippen LogP contribution in [0.4, 0.5) is 5.69 Å². The molecule has 2 N–H and O–H groups in total. The van der Waals surface area contributed by atoms with Crippen LogP contribution < -0.4 is 10.6 Å². The van der Waals surface area contributed by atoms with Crippen LogP contribution in [0.5, 0.6) is 0 Å². The Balaban J connectivity index is 1.31. The lowest BCUT2D eigenvalue weighted by Crippen LogP contribution is -2.45. The van der Waals surface area contributed by atoms with E-state index in [4.69, 9.17) is 0 Å². The molecule has 3 heterocycles. The first-order valence-electron chi connectivity index (χ1n) is 11.9. The summed E-state index contributed by atoms with van der Waals surface area (Å²) in [7, 11) is 0. The van der Waals surface area contributed by atoms with E-state index in [2.05, 4.69) is 25.4 Å². The summed E-state index contributed by atoms with van der Waals surface area (Å²) in [6.07, 6.45) is 4.85. The number of nitrogens with zero attached hydrogens (tertiary/aromatic N) is 3.